The molecule has 0 bridgehead atoms. The van der Waals surface area contributed by atoms with Gasteiger partial charge in [0, 0.05) is 24.5 Å². The fraction of sp³-hybridized carbons (Fsp3) is 0.500. The number of hydrogen-bond donors (Lipinski definition) is 2. The highest BCUT2D eigenvalue weighted by atomic mass is 16.2. The minimum Gasteiger partial charge on any atom is -0.338 e. The zero-order valence-corrected chi connectivity index (χ0v) is 12.4. The van der Waals surface area contributed by atoms with Crippen molar-refractivity contribution in [3.8, 4) is 0 Å². The largest absolute Gasteiger partial charge is 0.338 e. The summed E-state index contributed by atoms with van der Waals surface area (Å²) in [4.78, 5) is 14.7. The Kier molecular flexibility index (Phi) is 4.20. The lowest BCUT2D eigenvalue weighted by molar-refractivity contribution is -0.132. The van der Waals surface area contributed by atoms with E-state index in [1.54, 1.807) is 0 Å². The number of benzene rings is 1. The summed E-state index contributed by atoms with van der Waals surface area (Å²) in [6, 6.07) is 8.26. The number of rotatable bonds is 5. The van der Waals surface area contributed by atoms with Crippen molar-refractivity contribution < 1.29 is 4.79 Å². The third-order valence-corrected chi connectivity index (χ3v) is 4.13. The van der Waals surface area contributed by atoms with Crippen LogP contribution < -0.4 is 5.32 Å². The maximum Gasteiger partial charge on any atom is 0.228 e. The normalized spacial score (nSPS) is 18.2. The van der Waals surface area contributed by atoms with Gasteiger partial charge in [-0.15, -0.1) is 0 Å². The summed E-state index contributed by atoms with van der Waals surface area (Å²) in [7, 11) is 0. The number of H-pyrrole nitrogens is 1. The van der Waals surface area contributed by atoms with Crippen LogP contribution in [-0.2, 0) is 11.2 Å². The highest BCUT2D eigenvalue weighted by molar-refractivity contribution is 5.87. The summed E-state index contributed by atoms with van der Waals surface area (Å²) in [6.45, 7) is 4.87. The van der Waals surface area contributed by atoms with E-state index in [4.69, 9.17) is 0 Å². The van der Waals surface area contributed by atoms with Crippen LogP contribution in [0.15, 0.2) is 24.3 Å². The predicted octanol–water partition coefficient (Wildman–Crippen LogP) is 1.71. The molecule has 0 saturated carbocycles. The van der Waals surface area contributed by atoms with Crippen LogP contribution in [0.25, 0.3) is 10.9 Å². The van der Waals surface area contributed by atoms with Crippen molar-refractivity contribution in [2.45, 2.75) is 32.2 Å². The quantitative estimate of drug-likeness (QED) is 0.879. The van der Waals surface area contributed by atoms with Crippen molar-refractivity contribution in [2.75, 3.05) is 19.6 Å². The number of aromatic amines is 1. The first kappa shape index (κ1) is 14.1. The van der Waals surface area contributed by atoms with Crippen LogP contribution in [0.2, 0.25) is 0 Å². The van der Waals surface area contributed by atoms with Gasteiger partial charge in [0.2, 0.25) is 5.91 Å². The fourth-order valence-electron chi connectivity index (χ4n) is 3.06. The molecule has 1 aliphatic heterocycles. The summed E-state index contributed by atoms with van der Waals surface area (Å²) in [5.74, 6) is 0.194. The zero-order valence-electron chi connectivity index (χ0n) is 12.4. The Labute approximate surface area is 124 Å². The number of fused-ring (bicyclic) bond motifs is 1. The lowest BCUT2D eigenvalue weighted by Crippen LogP contribution is -2.42. The molecule has 5 nitrogen and oxygen atoms in total. The van der Waals surface area contributed by atoms with Gasteiger partial charge in [-0.1, -0.05) is 25.1 Å². The monoisotopic (exact) mass is 286 g/mol. The Balaban J connectivity index is 1.77. The van der Waals surface area contributed by atoms with Crippen molar-refractivity contribution in [3.05, 3.63) is 30.0 Å². The van der Waals surface area contributed by atoms with E-state index >= 15 is 0 Å². The minimum absolute atomic E-state index is 0.194. The van der Waals surface area contributed by atoms with Crippen LogP contribution in [0.4, 0.5) is 0 Å². The molecule has 1 aromatic heterocycles. The maximum atomic E-state index is 12.7. The molecule has 2 heterocycles. The van der Waals surface area contributed by atoms with E-state index in [1.807, 2.05) is 29.2 Å². The molecule has 1 unspecified atom stereocenters. The topological polar surface area (TPSA) is 61.0 Å². The third kappa shape index (κ3) is 2.93. The lowest BCUT2D eigenvalue weighted by atomic mass is 10.1. The summed E-state index contributed by atoms with van der Waals surface area (Å²) in [5.41, 5.74) is 1.84. The molecule has 2 N–H and O–H groups in total. The van der Waals surface area contributed by atoms with Gasteiger partial charge in [-0.25, -0.2) is 0 Å². The Morgan fingerprint density at radius 2 is 2.29 bits per heavy atom. The van der Waals surface area contributed by atoms with Crippen LogP contribution in [0.3, 0.4) is 0 Å². The van der Waals surface area contributed by atoms with Gasteiger partial charge in [0.15, 0.2) is 0 Å². The molecular weight excluding hydrogens is 264 g/mol. The third-order valence-electron chi connectivity index (χ3n) is 4.13. The number of nitrogens with one attached hydrogen (secondary N) is 2. The average Bonchev–Trinajstić information content (AvgIpc) is 3.15. The Morgan fingerprint density at radius 1 is 1.43 bits per heavy atom. The van der Waals surface area contributed by atoms with Gasteiger partial charge in [-0.05, 0) is 25.5 Å². The van der Waals surface area contributed by atoms with Gasteiger partial charge in [0.25, 0.3) is 0 Å². The molecule has 3 rings (SSSR count). The molecule has 5 heteroatoms. The first-order valence-electron chi connectivity index (χ1n) is 7.71. The molecular formula is C16H22N4O. The number of para-hydroxylation sites is 1. The van der Waals surface area contributed by atoms with Crippen LogP contribution in [-0.4, -0.2) is 46.7 Å². The Morgan fingerprint density at radius 3 is 3.05 bits per heavy atom. The number of amides is 1. The van der Waals surface area contributed by atoms with E-state index in [1.165, 1.54) is 0 Å². The minimum atomic E-state index is 0.194. The molecule has 1 amide bonds. The zero-order chi connectivity index (χ0) is 14.7. The summed E-state index contributed by atoms with van der Waals surface area (Å²) >= 11 is 0. The van der Waals surface area contributed by atoms with Gasteiger partial charge in [0.05, 0.1) is 17.6 Å². The molecule has 2 aromatic rings. The van der Waals surface area contributed by atoms with E-state index < -0.39 is 0 Å². The number of carbonyl (C=O) groups is 1. The average molecular weight is 286 g/mol. The number of aromatic nitrogens is 2. The smallest absolute Gasteiger partial charge is 0.228 e. The van der Waals surface area contributed by atoms with E-state index in [-0.39, 0.29) is 5.91 Å². The lowest BCUT2D eigenvalue weighted by Gasteiger charge is -2.28. The summed E-state index contributed by atoms with van der Waals surface area (Å²) in [6.07, 6.45) is 2.44. The second-order valence-electron chi connectivity index (χ2n) is 5.63. The number of hydrogen-bond acceptors (Lipinski definition) is 3. The summed E-state index contributed by atoms with van der Waals surface area (Å²) < 4.78 is 0. The molecule has 1 aliphatic rings. The second kappa shape index (κ2) is 6.26. The number of carbonyl (C=O) groups excluding carboxylic acids is 1. The molecule has 0 radical (unpaired) electrons. The summed E-state index contributed by atoms with van der Waals surface area (Å²) in [5, 5.41) is 11.7. The Bertz CT molecular complexity index is 616. The van der Waals surface area contributed by atoms with Crippen LogP contribution in [0.5, 0.6) is 0 Å². The van der Waals surface area contributed by atoms with E-state index in [0.717, 1.165) is 49.1 Å². The molecule has 21 heavy (non-hydrogen) atoms. The highest BCUT2D eigenvalue weighted by Crippen LogP contribution is 2.18. The molecule has 1 aromatic carbocycles. The number of nitrogens with zero attached hydrogens (tertiary/aromatic N) is 2. The highest BCUT2D eigenvalue weighted by Gasteiger charge is 2.26. The van der Waals surface area contributed by atoms with Crippen molar-refractivity contribution in [1.29, 1.82) is 0 Å². The van der Waals surface area contributed by atoms with E-state index in [2.05, 4.69) is 22.4 Å². The van der Waals surface area contributed by atoms with Crippen molar-refractivity contribution >= 4 is 16.8 Å². The Hall–Kier alpha value is -1.88. The van der Waals surface area contributed by atoms with Gasteiger partial charge in [-0.3, -0.25) is 9.89 Å². The van der Waals surface area contributed by atoms with Crippen LogP contribution >= 0.6 is 0 Å². The van der Waals surface area contributed by atoms with Crippen LogP contribution in [0, 0.1) is 0 Å². The first-order valence-corrected chi connectivity index (χ1v) is 7.71. The van der Waals surface area contributed by atoms with Gasteiger partial charge in [-0.2, -0.15) is 5.10 Å². The van der Waals surface area contributed by atoms with E-state index in [9.17, 15) is 4.79 Å². The molecule has 1 fully saturated rings. The molecule has 1 atom stereocenters. The molecule has 0 spiro atoms. The van der Waals surface area contributed by atoms with Crippen molar-refractivity contribution in [1.82, 2.24) is 20.4 Å². The van der Waals surface area contributed by atoms with Crippen LogP contribution in [0.1, 0.15) is 25.5 Å². The van der Waals surface area contributed by atoms with Gasteiger partial charge < -0.3 is 10.2 Å². The first-order chi connectivity index (χ1) is 10.3. The molecule has 112 valence electrons. The van der Waals surface area contributed by atoms with Crippen molar-refractivity contribution in [2.24, 2.45) is 0 Å². The molecule has 0 aliphatic carbocycles. The standard InChI is InChI=1S/C16H22N4O/c1-2-9-20(12-7-8-17-11-12)16(21)10-15-13-5-3-4-6-14(13)18-19-15/h3-6,12,17H,2,7-11H2,1H3,(H,18,19). The SMILES string of the molecule is CCCN(C(=O)Cc1[nH]nc2ccccc12)C1CCNC1. The molecule has 1 saturated heterocycles. The van der Waals surface area contributed by atoms with Gasteiger partial charge >= 0.3 is 0 Å². The fourth-order valence-corrected chi connectivity index (χ4v) is 3.06. The van der Waals surface area contributed by atoms with E-state index in [0.29, 0.717) is 12.5 Å². The van der Waals surface area contributed by atoms with Crippen molar-refractivity contribution in [3.63, 3.8) is 0 Å². The second-order valence-corrected chi connectivity index (χ2v) is 5.63. The predicted molar refractivity (Wildman–Crippen MR) is 83.1 cm³/mol. The maximum absolute atomic E-state index is 12.7. The van der Waals surface area contributed by atoms with Gasteiger partial charge in [0.1, 0.15) is 0 Å².